The van der Waals surface area contributed by atoms with Crippen molar-refractivity contribution in [2.45, 2.75) is 38.8 Å². The van der Waals surface area contributed by atoms with E-state index < -0.39 is 5.54 Å². The van der Waals surface area contributed by atoms with Gasteiger partial charge in [-0.05, 0) is 44.9 Å². The number of primary amides is 1. The van der Waals surface area contributed by atoms with E-state index in [4.69, 9.17) is 17.3 Å². The smallest absolute Gasteiger partial charge is 0.237 e. The van der Waals surface area contributed by atoms with Crippen LogP contribution in [-0.2, 0) is 11.2 Å². The maximum atomic E-state index is 11.6. The summed E-state index contributed by atoms with van der Waals surface area (Å²) in [6, 6.07) is 7.64. The Balaban J connectivity index is 2.86. The number of hydrogen-bond donors (Lipinski definition) is 2. The third kappa shape index (κ3) is 4.02. The molecule has 0 radical (unpaired) electrons. The molecule has 4 heteroatoms. The summed E-state index contributed by atoms with van der Waals surface area (Å²) < 4.78 is 0. The SMILES string of the molecule is CC(C)NC(C)(Cc1ccc(Cl)cc1)C(N)=O. The van der Waals surface area contributed by atoms with Gasteiger partial charge in [0, 0.05) is 11.1 Å². The van der Waals surface area contributed by atoms with E-state index >= 15 is 0 Å². The highest BCUT2D eigenvalue weighted by Gasteiger charge is 2.31. The summed E-state index contributed by atoms with van der Waals surface area (Å²) in [5, 5.41) is 3.90. The number of carbonyl (C=O) groups excluding carboxylic acids is 1. The number of nitrogens with one attached hydrogen (secondary N) is 1. The van der Waals surface area contributed by atoms with E-state index in [-0.39, 0.29) is 11.9 Å². The first-order valence-corrected chi connectivity index (χ1v) is 6.03. The molecule has 94 valence electrons. The Morgan fingerprint density at radius 1 is 1.41 bits per heavy atom. The van der Waals surface area contributed by atoms with E-state index in [0.29, 0.717) is 11.4 Å². The lowest BCUT2D eigenvalue weighted by molar-refractivity contribution is -0.124. The first-order chi connectivity index (χ1) is 7.83. The van der Waals surface area contributed by atoms with Crippen LogP contribution in [0, 0.1) is 0 Å². The summed E-state index contributed by atoms with van der Waals surface area (Å²) in [4.78, 5) is 11.6. The molecule has 0 aromatic heterocycles. The van der Waals surface area contributed by atoms with Crippen LogP contribution in [0.4, 0.5) is 0 Å². The molecule has 0 heterocycles. The standard InChI is InChI=1S/C13H19ClN2O/c1-9(2)16-13(3,12(15)17)8-10-4-6-11(14)7-5-10/h4-7,9,16H,8H2,1-3H3,(H2,15,17). The van der Waals surface area contributed by atoms with Crippen LogP contribution in [0.15, 0.2) is 24.3 Å². The minimum atomic E-state index is -0.734. The summed E-state index contributed by atoms with van der Waals surface area (Å²) in [5.74, 6) is -0.346. The van der Waals surface area contributed by atoms with Gasteiger partial charge in [0.05, 0.1) is 5.54 Å². The van der Waals surface area contributed by atoms with Gasteiger partial charge in [-0.1, -0.05) is 23.7 Å². The molecule has 0 fully saturated rings. The Bertz CT molecular complexity index is 389. The number of amides is 1. The van der Waals surface area contributed by atoms with E-state index in [2.05, 4.69) is 5.32 Å². The van der Waals surface area contributed by atoms with Gasteiger partial charge in [0.1, 0.15) is 0 Å². The molecule has 1 atom stereocenters. The average molecular weight is 255 g/mol. The van der Waals surface area contributed by atoms with Crippen LogP contribution >= 0.6 is 11.6 Å². The van der Waals surface area contributed by atoms with Crippen molar-refractivity contribution < 1.29 is 4.79 Å². The van der Waals surface area contributed by atoms with Crippen molar-refractivity contribution in [3.8, 4) is 0 Å². The van der Waals surface area contributed by atoms with Crippen molar-refractivity contribution in [3.63, 3.8) is 0 Å². The predicted octanol–water partition coefficient (Wildman–Crippen LogP) is 2.12. The molecule has 0 spiro atoms. The van der Waals surface area contributed by atoms with Gasteiger partial charge in [0.25, 0.3) is 0 Å². The molecular formula is C13H19ClN2O. The predicted molar refractivity (Wildman–Crippen MR) is 71.0 cm³/mol. The number of nitrogens with two attached hydrogens (primary N) is 1. The zero-order valence-corrected chi connectivity index (χ0v) is 11.2. The minimum absolute atomic E-state index is 0.194. The highest BCUT2D eigenvalue weighted by Crippen LogP contribution is 2.16. The summed E-state index contributed by atoms with van der Waals surface area (Å²) >= 11 is 5.82. The second-order valence-electron chi connectivity index (χ2n) is 4.80. The molecule has 17 heavy (non-hydrogen) atoms. The molecule has 0 saturated heterocycles. The first-order valence-electron chi connectivity index (χ1n) is 5.65. The van der Waals surface area contributed by atoms with Crippen LogP contribution in [0.5, 0.6) is 0 Å². The molecule has 0 bridgehead atoms. The molecule has 3 N–H and O–H groups in total. The number of hydrogen-bond acceptors (Lipinski definition) is 2. The van der Waals surface area contributed by atoms with E-state index in [9.17, 15) is 4.79 Å². The average Bonchev–Trinajstić information content (AvgIpc) is 2.20. The largest absolute Gasteiger partial charge is 0.368 e. The maximum absolute atomic E-state index is 11.6. The second-order valence-corrected chi connectivity index (χ2v) is 5.24. The molecule has 1 aromatic carbocycles. The molecule has 0 aliphatic heterocycles. The monoisotopic (exact) mass is 254 g/mol. The molecular weight excluding hydrogens is 236 g/mol. The number of carbonyl (C=O) groups is 1. The van der Waals surface area contributed by atoms with Crippen LogP contribution in [-0.4, -0.2) is 17.5 Å². The molecule has 0 aliphatic rings. The Morgan fingerprint density at radius 3 is 2.35 bits per heavy atom. The normalized spacial score (nSPS) is 14.6. The number of rotatable bonds is 5. The molecule has 1 unspecified atom stereocenters. The van der Waals surface area contributed by atoms with Gasteiger partial charge in [-0.15, -0.1) is 0 Å². The fourth-order valence-corrected chi connectivity index (χ4v) is 1.98. The lowest BCUT2D eigenvalue weighted by Gasteiger charge is -2.30. The van der Waals surface area contributed by atoms with Gasteiger partial charge < -0.3 is 11.1 Å². The van der Waals surface area contributed by atoms with Crippen LogP contribution in [0.2, 0.25) is 5.02 Å². The van der Waals surface area contributed by atoms with Crippen LogP contribution in [0.25, 0.3) is 0 Å². The van der Waals surface area contributed by atoms with E-state index in [0.717, 1.165) is 5.56 Å². The highest BCUT2D eigenvalue weighted by molar-refractivity contribution is 6.30. The summed E-state index contributed by atoms with van der Waals surface area (Å²) in [6.45, 7) is 5.80. The lowest BCUT2D eigenvalue weighted by atomic mass is 9.91. The fraction of sp³-hybridized carbons (Fsp3) is 0.462. The summed E-state index contributed by atoms with van der Waals surface area (Å²) in [5.41, 5.74) is 5.77. The van der Waals surface area contributed by atoms with Crippen molar-refractivity contribution in [3.05, 3.63) is 34.9 Å². The highest BCUT2D eigenvalue weighted by atomic mass is 35.5. The van der Waals surface area contributed by atoms with Crippen LogP contribution in [0.1, 0.15) is 26.3 Å². The second kappa shape index (κ2) is 5.52. The van der Waals surface area contributed by atoms with Crippen molar-refractivity contribution >= 4 is 17.5 Å². The van der Waals surface area contributed by atoms with Crippen LogP contribution in [0.3, 0.4) is 0 Å². The zero-order valence-electron chi connectivity index (χ0n) is 10.5. The fourth-order valence-electron chi connectivity index (χ4n) is 1.86. The number of halogens is 1. The van der Waals surface area contributed by atoms with Gasteiger partial charge in [0.2, 0.25) is 5.91 Å². The van der Waals surface area contributed by atoms with Gasteiger partial charge >= 0.3 is 0 Å². The summed E-state index contributed by atoms with van der Waals surface area (Å²) in [6.07, 6.45) is 0.553. The van der Waals surface area contributed by atoms with Gasteiger partial charge in [-0.25, -0.2) is 0 Å². The molecule has 1 aromatic rings. The van der Waals surface area contributed by atoms with Crippen molar-refractivity contribution in [2.24, 2.45) is 5.73 Å². The van der Waals surface area contributed by atoms with Crippen molar-refractivity contribution in [2.75, 3.05) is 0 Å². The Hall–Kier alpha value is -1.06. The molecule has 1 amide bonds. The Morgan fingerprint density at radius 2 is 1.94 bits per heavy atom. The lowest BCUT2D eigenvalue weighted by Crippen LogP contribution is -2.56. The summed E-state index contributed by atoms with van der Waals surface area (Å²) in [7, 11) is 0. The van der Waals surface area contributed by atoms with Gasteiger partial charge in [0.15, 0.2) is 0 Å². The molecule has 0 aliphatic carbocycles. The van der Waals surface area contributed by atoms with Crippen molar-refractivity contribution in [1.82, 2.24) is 5.32 Å². The third-order valence-corrected chi connectivity index (χ3v) is 2.87. The van der Waals surface area contributed by atoms with E-state index in [1.54, 1.807) is 0 Å². The third-order valence-electron chi connectivity index (χ3n) is 2.62. The topological polar surface area (TPSA) is 55.1 Å². The van der Waals surface area contributed by atoms with E-state index in [1.807, 2.05) is 45.0 Å². The molecule has 0 saturated carbocycles. The molecule has 3 nitrogen and oxygen atoms in total. The van der Waals surface area contributed by atoms with Crippen LogP contribution < -0.4 is 11.1 Å². The van der Waals surface area contributed by atoms with E-state index in [1.165, 1.54) is 0 Å². The Labute approximate surface area is 107 Å². The van der Waals surface area contributed by atoms with Gasteiger partial charge in [-0.2, -0.15) is 0 Å². The molecule has 1 rings (SSSR count). The first kappa shape index (κ1) is 14.0. The zero-order chi connectivity index (χ0) is 13.1. The quantitative estimate of drug-likeness (QED) is 0.846. The van der Waals surface area contributed by atoms with Gasteiger partial charge in [-0.3, -0.25) is 4.79 Å². The minimum Gasteiger partial charge on any atom is -0.368 e. The number of benzene rings is 1. The van der Waals surface area contributed by atoms with Crippen molar-refractivity contribution in [1.29, 1.82) is 0 Å². The Kier molecular flexibility index (Phi) is 4.54. The maximum Gasteiger partial charge on any atom is 0.237 e.